The molecule has 3 N–H and O–H groups in total. The molecule has 1 heterocycles. The van der Waals surface area contributed by atoms with E-state index in [1.54, 1.807) is 24.0 Å². The van der Waals surface area contributed by atoms with E-state index in [-0.39, 0.29) is 11.0 Å². The van der Waals surface area contributed by atoms with Crippen LogP contribution in [0.3, 0.4) is 0 Å². The predicted octanol–water partition coefficient (Wildman–Crippen LogP) is 5.33. The van der Waals surface area contributed by atoms with Crippen molar-refractivity contribution >= 4 is 70.1 Å². The lowest BCUT2D eigenvalue weighted by molar-refractivity contribution is 0.583. The van der Waals surface area contributed by atoms with Gasteiger partial charge in [-0.3, -0.25) is 5.43 Å². The lowest BCUT2D eigenvalue weighted by Crippen LogP contribution is -2.38. The Morgan fingerprint density at radius 2 is 2.08 bits per heavy atom. The van der Waals surface area contributed by atoms with Crippen LogP contribution in [0.15, 0.2) is 46.4 Å². The van der Waals surface area contributed by atoms with Crippen LogP contribution in [0.4, 0.5) is 0 Å². The van der Waals surface area contributed by atoms with Gasteiger partial charge in [0, 0.05) is 27.8 Å². The number of nitrogens with one attached hydrogen (secondary N) is 1. The molecule has 2 unspecified atom stereocenters. The van der Waals surface area contributed by atoms with Crippen LogP contribution in [0.2, 0.25) is 10.0 Å². The minimum Gasteiger partial charge on any atom is -0.375 e. The summed E-state index contributed by atoms with van der Waals surface area (Å²) < 4.78 is 0. The fraction of sp³-hybridized carbons (Fsp3) is 0.222. The number of aryl methyl sites for hydroxylation is 1. The van der Waals surface area contributed by atoms with E-state index in [0.717, 1.165) is 21.6 Å². The van der Waals surface area contributed by atoms with Gasteiger partial charge in [-0.15, -0.1) is 23.4 Å². The normalized spacial score (nSPS) is 22.2. The molecular weight excluding hydrogens is 429 g/mol. The van der Waals surface area contributed by atoms with Gasteiger partial charge in [0.05, 0.1) is 5.02 Å². The Kier molecular flexibility index (Phi) is 6.04. The van der Waals surface area contributed by atoms with Crippen molar-refractivity contribution in [3.05, 3.63) is 63.1 Å². The number of benzene rings is 2. The molecule has 0 radical (unpaired) electrons. The van der Waals surface area contributed by atoms with Gasteiger partial charge >= 0.3 is 0 Å². The first-order valence-electron chi connectivity index (χ1n) is 7.80. The highest BCUT2D eigenvalue weighted by Crippen LogP contribution is 2.54. The maximum atomic E-state index is 7.35. The second kappa shape index (κ2) is 7.95. The minimum atomic E-state index is -0.859. The van der Waals surface area contributed by atoms with E-state index in [1.807, 2.05) is 37.3 Å². The van der Waals surface area contributed by atoms with Gasteiger partial charge in [0.15, 0.2) is 5.11 Å². The molecule has 3 rings (SSSR count). The molecule has 2 aromatic carbocycles. The Morgan fingerprint density at radius 3 is 2.77 bits per heavy atom. The molecule has 0 spiro atoms. The third-order valence-corrected chi connectivity index (χ3v) is 6.95. The molecule has 8 heteroatoms. The molecule has 0 fully saturated rings. The van der Waals surface area contributed by atoms with E-state index >= 15 is 0 Å². The maximum absolute atomic E-state index is 7.35. The third kappa shape index (κ3) is 3.69. The molecule has 0 saturated heterocycles. The average Bonchev–Trinajstić information content (AvgIpc) is 2.57. The number of rotatable bonds is 3. The van der Waals surface area contributed by atoms with Crippen molar-refractivity contribution < 1.29 is 0 Å². The van der Waals surface area contributed by atoms with Crippen molar-refractivity contribution in [2.75, 3.05) is 5.75 Å². The second-order valence-corrected chi connectivity index (χ2v) is 8.87. The van der Waals surface area contributed by atoms with Crippen LogP contribution >= 0.6 is 58.8 Å². The van der Waals surface area contributed by atoms with Gasteiger partial charge in [-0.25, -0.2) is 0 Å². The fourth-order valence-electron chi connectivity index (χ4n) is 3.13. The smallest absolute Gasteiger partial charge is 0.184 e. The molecule has 2 atom stereocenters. The third-order valence-electron chi connectivity index (χ3n) is 4.28. The molecule has 0 amide bonds. The highest BCUT2D eigenvalue weighted by Gasteiger charge is 2.45. The van der Waals surface area contributed by atoms with Gasteiger partial charge in [-0.2, -0.15) is 5.10 Å². The second-order valence-electron chi connectivity index (χ2n) is 5.96. The summed E-state index contributed by atoms with van der Waals surface area (Å²) >= 11 is 26.5. The Bertz CT molecular complexity index is 888. The standard InChI is InChI=1S/C18H16Cl3N3S2/c1-10-4-2-3-5-13(10)18(21)11(8-23-24-17(22)25)9-26-16-14(18)6-12(19)7-15(16)20/h2-8,11H,9H2,1H3,(H3,22,24,25). The van der Waals surface area contributed by atoms with Crippen molar-refractivity contribution in [1.82, 2.24) is 5.43 Å². The first-order chi connectivity index (χ1) is 12.3. The minimum absolute atomic E-state index is 0.104. The molecule has 0 aliphatic carbocycles. The van der Waals surface area contributed by atoms with Gasteiger partial charge in [0.2, 0.25) is 0 Å². The van der Waals surface area contributed by atoms with Crippen LogP contribution in [-0.2, 0) is 4.87 Å². The molecule has 0 aromatic heterocycles. The number of hydrazone groups is 1. The van der Waals surface area contributed by atoms with E-state index in [2.05, 4.69) is 10.5 Å². The van der Waals surface area contributed by atoms with Crippen molar-refractivity contribution in [2.45, 2.75) is 16.7 Å². The molecule has 2 aromatic rings. The van der Waals surface area contributed by atoms with Crippen molar-refractivity contribution in [2.24, 2.45) is 16.8 Å². The summed E-state index contributed by atoms with van der Waals surface area (Å²) in [7, 11) is 0. The van der Waals surface area contributed by atoms with Gasteiger partial charge in [0.25, 0.3) is 0 Å². The Labute approximate surface area is 177 Å². The van der Waals surface area contributed by atoms with Gasteiger partial charge in [-0.1, -0.05) is 47.5 Å². The SMILES string of the molecule is Cc1ccccc1C1(Cl)c2cc(Cl)cc(Cl)c2SCC1C=NNC(N)=S. The van der Waals surface area contributed by atoms with Crippen LogP contribution in [0, 0.1) is 12.8 Å². The van der Waals surface area contributed by atoms with Crippen LogP contribution in [-0.4, -0.2) is 17.1 Å². The number of thioether (sulfide) groups is 1. The number of nitrogens with two attached hydrogens (primary N) is 1. The van der Waals surface area contributed by atoms with Gasteiger partial charge < -0.3 is 5.73 Å². The van der Waals surface area contributed by atoms with E-state index in [1.165, 1.54) is 0 Å². The largest absolute Gasteiger partial charge is 0.375 e. The van der Waals surface area contributed by atoms with E-state index < -0.39 is 4.87 Å². The number of thiocarbonyl (C=S) groups is 1. The summed E-state index contributed by atoms with van der Waals surface area (Å²) in [5, 5.41) is 5.41. The number of nitrogens with zero attached hydrogens (tertiary/aromatic N) is 1. The molecule has 136 valence electrons. The highest BCUT2D eigenvalue weighted by atomic mass is 35.5. The number of fused-ring (bicyclic) bond motifs is 1. The maximum Gasteiger partial charge on any atom is 0.184 e. The van der Waals surface area contributed by atoms with Crippen LogP contribution < -0.4 is 11.2 Å². The molecule has 1 aliphatic rings. The quantitative estimate of drug-likeness (QED) is 0.291. The average molecular weight is 445 g/mol. The summed E-state index contributed by atoms with van der Waals surface area (Å²) in [5.74, 6) is 0.577. The molecule has 1 aliphatic heterocycles. The molecule has 0 saturated carbocycles. The summed E-state index contributed by atoms with van der Waals surface area (Å²) in [5.41, 5.74) is 11.0. The van der Waals surface area contributed by atoms with Crippen LogP contribution in [0.25, 0.3) is 0 Å². The number of hydrogen-bond donors (Lipinski definition) is 2. The first-order valence-corrected chi connectivity index (χ1v) is 10.3. The number of alkyl halides is 1. The fourth-order valence-corrected chi connectivity index (χ4v) is 5.73. The van der Waals surface area contributed by atoms with Crippen LogP contribution in [0.5, 0.6) is 0 Å². The summed E-state index contributed by atoms with van der Waals surface area (Å²) in [6.45, 7) is 2.04. The van der Waals surface area contributed by atoms with Gasteiger partial charge in [-0.05, 0) is 48.0 Å². The first kappa shape index (κ1) is 19.8. The Hall–Kier alpha value is -0.980. The summed E-state index contributed by atoms with van der Waals surface area (Å²) in [6, 6.07) is 11.7. The Morgan fingerprint density at radius 1 is 1.35 bits per heavy atom. The zero-order chi connectivity index (χ0) is 18.9. The zero-order valence-corrected chi connectivity index (χ0v) is 17.7. The lowest BCUT2D eigenvalue weighted by Gasteiger charge is -2.40. The van der Waals surface area contributed by atoms with E-state index in [4.69, 9.17) is 52.8 Å². The lowest BCUT2D eigenvalue weighted by atomic mass is 9.79. The number of hydrogen-bond acceptors (Lipinski definition) is 3. The van der Waals surface area contributed by atoms with Gasteiger partial charge in [0.1, 0.15) is 4.87 Å². The predicted molar refractivity (Wildman–Crippen MR) is 117 cm³/mol. The van der Waals surface area contributed by atoms with Crippen molar-refractivity contribution in [3.8, 4) is 0 Å². The molecule has 26 heavy (non-hydrogen) atoms. The molecular formula is C18H16Cl3N3S2. The topological polar surface area (TPSA) is 50.4 Å². The molecule has 3 nitrogen and oxygen atoms in total. The monoisotopic (exact) mass is 443 g/mol. The summed E-state index contributed by atoms with van der Waals surface area (Å²) in [4.78, 5) is 0.0864. The Balaban J connectivity index is 2.20. The van der Waals surface area contributed by atoms with E-state index in [0.29, 0.717) is 15.8 Å². The van der Waals surface area contributed by atoms with E-state index in [9.17, 15) is 0 Å². The molecule has 0 bridgehead atoms. The van der Waals surface area contributed by atoms with Crippen molar-refractivity contribution in [3.63, 3.8) is 0 Å². The zero-order valence-electron chi connectivity index (χ0n) is 13.8. The summed E-state index contributed by atoms with van der Waals surface area (Å²) in [6.07, 6.45) is 1.75. The highest BCUT2D eigenvalue weighted by molar-refractivity contribution is 7.99. The van der Waals surface area contributed by atoms with Crippen LogP contribution in [0.1, 0.15) is 16.7 Å². The van der Waals surface area contributed by atoms with Crippen molar-refractivity contribution in [1.29, 1.82) is 0 Å². The number of halogens is 3.